The maximum Gasteiger partial charge on any atom is 0.236 e. The van der Waals surface area contributed by atoms with Gasteiger partial charge in [0.15, 0.2) is 0 Å². The van der Waals surface area contributed by atoms with Gasteiger partial charge in [-0.25, -0.2) is 0 Å². The number of halogens is 1. The van der Waals surface area contributed by atoms with Gasteiger partial charge in [-0.1, -0.05) is 23.7 Å². The van der Waals surface area contributed by atoms with E-state index in [-0.39, 0.29) is 11.3 Å². The smallest absolute Gasteiger partial charge is 0.236 e. The van der Waals surface area contributed by atoms with Crippen molar-refractivity contribution in [2.75, 3.05) is 18.4 Å². The van der Waals surface area contributed by atoms with Crippen LogP contribution in [-0.2, 0) is 10.2 Å². The van der Waals surface area contributed by atoms with E-state index in [1.807, 2.05) is 18.2 Å². The standard InChI is InChI=1S/C11H11ClN2O/c12-8-3-1-2-7-9(8)14-10(15)11(7)4-5-13-6-11/h1-3,13H,4-6H2,(H,14,15)/t11-/m1/s1. The van der Waals surface area contributed by atoms with Gasteiger partial charge in [0.05, 0.1) is 16.1 Å². The first-order chi connectivity index (χ1) is 7.24. The van der Waals surface area contributed by atoms with Gasteiger partial charge in [-0.3, -0.25) is 4.79 Å². The average molecular weight is 223 g/mol. The third-order valence-electron chi connectivity index (χ3n) is 3.36. The van der Waals surface area contributed by atoms with Crippen LogP contribution in [0.15, 0.2) is 18.2 Å². The fourth-order valence-electron chi connectivity index (χ4n) is 2.52. The van der Waals surface area contributed by atoms with Crippen molar-refractivity contribution in [1.29, 1.82) is 0 Å². The molecule has 4 heteroatoms. The second kappa shape index (κ2) is 2.97. The molecule has 3 rings (SSSR count). The molecule has 2 heterocycles. The molecule has 0 aliphatic carbocycles. The number of rotatable bonds is 0. The Bertz CT molecular complexity index is 438. The lowest BCUT2D eigenvalue weighted by molar-refractivity contribution is -0.120. The summed E-state index contributed by atoms with van der Waals surface area (Å²) in [6.07, 6.45) is 0.853. The second-order valence-electron chi connectivity index (χ2n) is 4.13. The van der Waals surface area contributed by atoms with Crippen molar-refractivity contribution in [3.8, 4) is 0 Å². The molecule has 1 atom stereocenters. The summed E-state index contributed by atoms with van der Waals surface area (Å²) in [6, 6.07) is 5.70. The normalized spacial score (nSPS) is 28.2. The van der Waals surface area contributed by atoms with Crippen LogP contribution >= 0.6 is 11.6 Å². The van der Waals surface area contributed by atoms with Crippen LogP contribution in [0.3, 0.4) is 0 Å². The molecule has 2 N–H and O–H groups in total. The number of carbonyl (C=O) groups excluding carboxylic acids is 1. The maximum absolute atomic E-state index is 12.0. The zero-order valence-corrected chi connectivity index (χ0v) is 8.90. The Labute approximate surface area is 92.8 Å². The van der Waals surface area contributed by atoms with Gasteiger partial charge in [-0.15, -0.1) is 0 Å². The number of para-hydroxylation sites is 1. The Morgan fingerprint density at radius 3 is 3.00 bits per heavy atom. The van der Waals surface area contributed by atoms with Crippen LogP contribution in [0, 0.1) is 0 Å². The Hall–Kier alpha value is -1.06. The number of amides is 1. The quantitative estimate of drug-likeness (QED) is 0.699. The van der Waals surface area contributed by atoms with Crippen molar-refractivity contribution < 1.29 is 4.79 Å². The molecule has 0 unspecified atom stereocenters. The molecule has 0 aromatic heterocycles. The van der Waals surface area contributed by atoms with Gasteiger partial charge in [-0.2, -0.15) is 0 Å². The summed E-state index contributed by atoms with van der Waals surface area (Å²) in [5.74, 6) is 0.0793. The molecule has 1 amide bonds. The van der Waals surface area contributed by atoms with Crippen LogP contribution in [0.4, 0.5) is 5.69 Å². The van der Waals surface area contributed by atoms with E-state index in [9.17, 15) is 4.79 Å². The molecule has 2 aliphatic rings. The molecular weight excluding hydrogens is 212 g/mol. The molecule has 0 bridgehead atoms. The Balaban J connectivity index is 2.21. The van der Waals surface area contributed by atoms with Gasteiger partial charge in [0, 0.05) is 6.54 Å². The van der Waals surface area contributed by atoms with E-state index in [4.69, 9.17) is 11.6 Å². The van der Waals surface area contributed by atoms with Gasteiger partial charge in [0.2, 0.25) is 5.91 Å². The molecule has 1 saturated heterocycles. The third kappa shape index (κ3) is 1.08. The predicted octanol–water partition coefficient (Wildman–Crippen LogP) is 1.52. The first kappa shape index (κ1) is 9.19. The van der Waals surface area contributed by atoms with Crippen molar-refractivity contribution in [3.05, 3.63) is 28.8 Å². The zero-order valence-electron chi connectivity index (χ0n) is 8.14. The largest absolute Gasteiger partial charge is 0.324 e. The number of hydrogen-bond acceptors (Lipinski definition) is 2. The van der Waals surface area contributed by atoms with Gasteiger partial charge in [0.25, 0.3) is 0 Å². The van der Waals surface area contributed by atoms with Crippen molar-refractivity contribution in [2.45, 2.75) is 11.8 Å². The van der Waals surface area contributed by atoms with Gasteiger partial charge in [0.1, 0.15) is 0 Å². The van der Waals surface area contributed by atoms with Crippen molar-refractivity contribution in [2.24, 2.45) is 0 Å². The maximum atomic E-state index is 12.0. The lowest BCUT2D eigenvalue weighted by atomic mass is 9.81. The van der Waals surface area contributed by atoms with Gasteiger partial charge < -0.3 is 10.6 Å². The first-order valence-electron chi connectivity index (χ1n) is 5.05. The zero-order chi connectivity index (χ0) is 10.5. The third-order valence-corrected chi connectivity index (χ3v) is 3.67. The molecule has 15 heavy (non-hydrogen) atoms. The Morgan fingerprint density at radius 1 is 1.40 bits per heavy atom. The van der Waals surface area contributed by atoms with E-state index in [1.165, 1.54) is 0 Å². The number of nitrogens with one attached hydrogen (secondary N) is 2. The summed E-state index contributed by atoms with van der Waals surface area (Å²) < 4.78 is 0. The molecule has 1 spiro atoms. The highest BCUT2D eigenvalue weighted by Crippen LogP contribution is 2.44. The summed E-state index contributed by atoms with van der Waals surface area (Å²) in [4.78, 5) is 12.0. The molecule has 3 nitrogen and oxygen atoms in total. The van der Waals surface area contributed by atoms with Crippen LogP contribution in [0.2, 0.25) is 5.02 Å². The number of fused-ring (bicyclic) bond motifs is 2. The van der Waals surface area contributed by atoms with Crippen LogP contribution < -0.4 is 10.6 Å². The molecule has 78 valence electrons. The fraction of sp³-hybridized carbons (Fsp3) is 0.364. The Kier molecular flexibility index (Phi) is 1.82. The minimum Gasteiger partial charge on any atom is -0.324 e. The number of carbonyl (C=O) groups is 1. The van der Waals surface area contributed by atoms with E-state index < -0.39 is 0 Å². The van der Waals surface area contributed by atoms with Crippen LogP contribution in [0.25, 0.3) is 0 Å². The van der Waals surface area contributed by atoms with Crippen LogP contribution in [0.1, 0.15) is 12.0 Å². The van der Waals surface area contributed by atoms with E-state index in [0.29, 0.717) is 11.6 Å². The van der Waals surface area contributed by atoms with Crippen LogP contribution in [-0.4, -0.2) is 19.0 Å². The summed E-state index contributed by atoms with van der Waals surface area (Å²) in [5, 5.41) is 6.76. The van der Waals surface area contributed by atoms with Crippen LogP contribution in [0.5, 0.6) is 0 Å². The molecule has 0 saturated carbocycles. The number of anilines is 1. The van der Waals surface area contributed by atoms with Gasteiger partial charge in [-0.05, 0) is 24.6 Å². The lowest BCUT2D eigenvalue weighted by Gasteiger charge is -2.19. The minimum absolute atomic E-state index is 0.0793. The van der Waals surface area contributed by atoms with E-state index >= 15 is 0 Å². The first-order valence-corrected chi connectivity index (χ1v) is 5.43. The molecule has 1 aromatic carbocycles. The fourth-order valence-corrected chi connectivity index (χ4v) is 2.74. The molecule has 1 aromatic rings. The predicted molar refractivity (Wildman–Crippen MR) is 59.2 cm³/mol. The number of hydrogen-bond donors (Lipinski definition) is 2. The summed E-state index contributed by atoms with van der Waals surface area (Å²) >= 11 is 6.06. The lowest BCUT2D eigenvalue weighted by Crippen LogP contribution is -2.36. The molecule has 1 fully saturated rings. The van der Waals surface area contributed by atoms with Crippen molar-refractivity contribution >= 4 is 23.2 Å². The van der Waals surface area contributed by atoms with E-state index in [1.54, 1.807) is 0 Å². The van der Waals surface area contributed by atoms with E-state index in [0.717, 1.165) is 24.2 Å². The number of benzene rings is 1. The molecular formula is C11H11ClN2O. The summed E-state index contributed by atoms with van der Waals surface area (Å²) in [7, 11) is 0. The monoisotopic (exact) mass is 222 g/mol. The van der Waals surface area contributed by atoms with Crippen molar-refractivity contribution in [1.82, 2.24) is 5.32 Å². The topological polar surface area (TPSA) is 41.1 Å². The highest BCUT2D eigenvalue weighted by molar-refractivity contribution is 6.34. The summed E-state index contributed by atoms with van der Waals surface area (Å²) in [5.41, 5.74) is 1.47. The molecule has 2 aliphatic heterocycles. The SMILES string of the molecule is O=C1Nc2c(Cl)cccc2[C@]12CCNC2. The van der Waals surface area contributed by atoms with Crippen molar-refractivity contribution in [3.63, 3.8) is 0 Å². The van der Waals surface area contributed by atoms with E-state index in [2.05, 4.69) is 10.6 Å². The highest BCUT2D eigenvalue weighted by Gasteiger charge is 2.49. The summed E-state index contributed by atoms with van der Waals surface area (Å²) in [6.45, 7) is 1.60. The molecule has 0 radical (unpaired) electrons. The Morgan fingerprint density at radius 2 is 2.27 bits per heavy atom. The average Bonchev–Trinajstić information content (AvgIpc) is 2.79. The minimum atomic E-state index is -0.375. The van der Waals surface area contributed by atoms with Gasteiger partial charge >= 0.3 is 0 Å². The second-order valence-corrected chi connectivity index (χ2v) is 4.53. The highest BCUT2D eigenvalue weighted by atomic mass is 35.5.